The molecule has 1 aliphatic heterocycles. The summed E-state index contributed by atoms with van der Waals surface area (Å²) >= 11 is 0. The normalized spacial score (nSPS) is 18.0. The van der Waals surface area contributed by atoms with E-state index in [1.165, 1.54) is 0 Å². The van der Waals surface area contributed by atoms with Gasteiger partial charge in [0.25, 0.3) is 0 Å². The van der Waals surface area contributed by atoms with Gasteiger partial charge >= 0.3 is 0 Å². The molecule has 0 amide bonds. The first-order chi connectivity index (χ1) is 10.1. The van der Waals surface area contributed by atoms with Gasteiger partial charge in [-0.25, -0.2) is 8.42 Å². The standard InChI is InChI=1S/C16H19NO3S/c1-13-8-10-17(11-9-13)21(18,19)15-6-4-14(5-7-15)16-3-2-12-20-16/h2-7,12-13H,8-11H2,1H3. The summed E-state index contributed by atoms with van der Waals surface area (Å²) in [6.07, 6.45) is 3.47. The summed E-state index contributed by atoms with van der Waals surface area (Å²) in [5.74, 6) is 1.35. The van der Waals surface area contributed by atoms with Crippen molar-refractivity contribution >= 4 is 10.0 Å². The lowest BCUT2D eigenvalue weighted by Crippen LogP contribution is -2.37. The van der Waals surface area contributed by atoms with E-state index in [0.29, 0.717) is 23.9 Å². The van der Waals surface area contributed by atoms with E-state index in [4.69, 9.17) is 4.42 Å². The third-order valence-electron chi connectivity index (χ3n) is 4.04. The Morgan fingerprint density at radius 3 is 2.33 bits per heavy atom. The van der Waals surface area contributed by atoms with Crippen molar-refractivity contribution in [1.29, 1.82) is 0 Å². The molecule has 1 aromatic carbocycles. The molecule has 0 radical (unpaired) electrons. The van der Waals surface area contributed by atoms with Crippen LogP contribution in [0.2, 0.25) is 0 Å². The van der Waals surface area contributed by atoms with E-state index in [0.717, 1.165) is 24.2 Å². The van der Waals surface area contributed by atoms with Gasteiger partial charge in [-0.1, -0.05) is 6.92 Å². The van der Waals surface area contributed by atoms with Crippen LogP contribution in [0, 0.1) is 5.92 Å². The molecule has 1 aliphatic rings. The predicted molar refractivity (Wildman–Crippen MR) is 81.3 cm³/mol. The molecule has 5 heteroatoms. The second kappa shape index (κ2) is 5.66. The first-order valence-corrected chi connectivity index (χ1v) is 8.65. The Kier molecular flexibility index (Phi) is 3.87. The van der Waals surface area contributed by atoms with Crippen molar-refractivity contribution in [2.75, 3.05) is 13.1 Å². The van der Waals surface area contributed by atoms with Gasteiger partial charge in [0.2, 0.25) is 10.0 Å². The minimum Gasteiger partial charge on any atom is -0.464 e. The highest BCUT2D eigenvalue weighted by Gasteiger charge is 2.27. The molecule has 3 rings (SSSR count). The number of furan rings is 1. The van der Waals surface area contributed by atoms with Gasteiger partial charge < -0.3 is 4.42 Å². The molecule has 4 nitrogen and oxygen atoms in total. The third-order valence-corrected chi connectivity index (χ3v) is 5.95. The van der Waals surface area contributed by atoms with Gasteiger partial charge in [-0.15, -0.1) is 0 Å². The molecule has 0 atom stereocenters. The predicted octanol–water partition coefficient (Wildman–Crippen LogP) is 3.37. The number of sulfonamides is 1. The van der Waals surface area contributed by atoms with Crippen LogP contribution in [-0.2, 0) is 10.0 Å². The maximum Gasteiger partial charge on any atom is 0.243 e. The smallest absolute Gasteiger partial charge is 0.243 e. The number of benzene rings is 1. The van der Waals surface area contributed by atoms with Crippen LogP contribution in [0.5, 0.6) is 0 Å². The molecule has 0 bridgehead atoms. The van der Waals surface area contributed by atoms with Gasteiger partial charge in [-0.3, -0.25) is 0 Å². The van der Waals surface area contributed by atoms with Crippen LogP contribution in [0.4, 0.5) is 0 Å². The van der Waals surface area contributed by atoms with Crippen molar-refractivity contribution < 1.29 is 12.8 Å². The maximum atomic E-state index is 12.6. The second-order valence-electron chi connectivity index (χ2n) is 5.59. The average molecular weight is 305 g/mol. The first kappa shape index (κ1) is 14.4. The SMILES string of the molecule is CC1CCN(S(=O)(=O)c2ccc(-c3ccco3)cc2)CC1. The fourth-order valence-electron chi connectivity index (χ4n) is 2.61. The van der Waals surface area contributed by atoms with E-state index in [1.807, 2.05) is 12.1 Å². The van der Waals surface area contributed by atoms with Crippen LogP contribution < -0.4 is 0 Å². The van der Waals surface area contributed by atoms with Crippen molar-refractivity contribution in [3.05, 3.63) is 42.7 Å². The fourth-order valence-corrected chi connectivity index (χ4v) is 4.08. The molecule has 0 N–H and O–H groups in total. The Balaban J connectivity index is 1.83. The molecular weight excluding hydrogens is 286 g/mol. The largest absolute Gasteiger partial charge is 0.464 e. The number of piperidine rings is 1. The molecule has 0 saturated carbocycles. The lowest BCUT2D eigenvalue weighted by atomic mass is 10.0. The number of nitrogens with zero attached hydrogens (tertiary/aromatic N) is 1. The van der Waals surface area contributed by atoms with Crippen molar-refractivity contribution in [1.82, 2.24) is 4.31 Å². The molecular formula is C16H19NO3S. The summed E-state index contributed by atoms with van der Waals surface area (Å²) in [5.41, 5.74) is 0.881. The van der Waals surface area contributed by atoms with Crippen LogP contribution in [0.1, 0.15) is 19.8 Å². The highest BCUT2D eigenvalue weighted by molar-refractivity contribution is 7.89. The van der Waals surface area contributed by atoms with E-state index < -0.39 is 10.0 Å². The Morgan fingerprint density at radius 1 is 1.10 bits per heavy atom. The Labute approximate surface area is 125 Å². The highest BCUT2D eigenvalue weighted by Crippen LogP contribution is 2.26. The van der Waals surface area contributed by atoms with E-state index in [1.54, 1.807) is 34.8 Å². The number of hydrogen-bond donors (Lipinski definition) is 0. The first-order valence-electron chi connectivity index (χ1n) is 7.21. The van der Waals surface area contributed by atoms with E-state index >= 15 is 0 Å². The number of rotatable bonds is 3. The van der Waals surface area contributed by atoms with Crippen LogP contribution in [0.25, 0.3) is 11.3 Å². The quantitative estimate of drug-likeness (QED) is 0.873. The average Bonchev–Trinajstić information content (AvgIpc) is 3.02. The zero-order chi connectivity index (χ0) is 14.9. The fraction of sp³-hybridized carbons (Fsp3) is 0.375. The molecule has 1 fully saturated rings. The van der Waals surface area contributed by atoms with Crippen LogP contribution in [0.3, 0.4) is 0 Å². The summed E-state index contributed by atoms with van der Waals surface area (Å²) in [7, 11) is -3.37. The number of hydrogen-bond acceptors (Lipinski definition) is 3. The minimum absolute atomic E-state index is 0.354. The topological polar surface area (TPSA) is 50.5 Å². The minimum atomic E-state index is -3.37. The van der Waals surface area contributed by atoms with E-state index in [2.05, 4.69) is 6.92 Å². The van der Waals surface area contributed by atoms with Gasteiger partial charge in [0.1, 0.15) is 5.76 Å². The molecule has 21 heavy (non-hydrogen) atoms. The molecule has 1 saturated heterocycles. The van der Waals surface area contributed by atoms with Crippen molar-refractivity contribution in [2.24, 2.45) is 5.92 Å². The van der Waals surface area contributed by atoms with Gasteiger partial charge in [-0.05, 0) is 55.2 Å². The van der Waals surface area contributed by atoms with Crippen molar-refractivity contribution in [3.8, 4) is 11.3 Å². The van der Waals surface area contributed by atoms with Gasteiger partial charge in [0, 0.05) is 18.7 Å². The van der Waals surface area contributed by atoms with Crippen molar-refractivity contribution in [2.45, 2.75) is 24.7 Å². The molecule has 2 heterocycles. The van der Waals surface area contributed by atoms with Crippen molar-refractivity contribution in [3.63, 3.8) is 0 Å². The van der Waals surface area contributed by atoms with Gasteiger partial charge in [0.05, 0.1) is 11.2 Å². The lowest BCUT2D eigenvalue weighted by molar-refractivity contribution is 0.288. The van der Waals surface area contributed by atoms with Crippen LogP contribution in [-0.4, -0.2) is 25.8 Å². The Bertz CT molecular complexity index is 682. The van der Waals surface area contributed by atoms with Crippen LogP contribution >= 0.6 is 0 Å². The zero-order valence-corrected chi connectivity index (χ0v) is 12.8. The molecule has 112 valence electrons. The molecule has 0 aliphatic carbocycles. The second-order valence-corrected chi connectivity index (χ2v) is 7.53. The summed E-state index contributed by atoms with van der Waals surface area (Å²) in [6.45, 7) is 3.40. The van der Waals surface area contributed by atoms with Crippen LogP contribution in [0.15, 0.2) is 52.0 Å². The summed E-state index contributed by atoms with van der Waals surface area (Å²) in [6, 6.07) is 10.6. The molecule has 0 spiro atoms. The maximum absolute atomic E-state index is 12.6. The Hall–Kier alpha value is -1.59. The third kappa shape index (κ3) is 2.89. The van der Waals surface area contributed by atoms with Gasteiger partial charge in [0.15, 0.2) is 0 Å². The highest BCUT2D eigenvalue weighted by atomic mass is 32.2. The monoisotopic (exact) mass is 305 g/mol. The Morgan fingerprint density at radius 2 is 1.76 bits per heavy atom. The summed E-state index contributed by atoms with van der Waals surface area (Å²) < 4.78 is 32.1. The molecule has 0 unspecified atom stereocenters. The summed E-state index contributed by atoms with van der Waals surface area (Å²) in [4.78, 5) is 0.354. The summed E-state index contributed by atoms with van der Waals surface area (Å²) in [5, 5.41) is 0. The zero-order valence-electron chi connectivity index (χ0n) is 12.0. The lowest BCUT2D eigenvalue weighted by Gasteiger charge is -2.29. The molecule has 1 aromatic heterocycles. The van der Waals surface area contributed by atoms with E-state index in [-0.39, 0.29) is 0 Å². The van der Waals surface area contributed by atoms with Gasteiger partial charge in [-0.2, -0.15) is 4.31 Å². The molecule has 2 aromatic rings. The van der Waals surface area contributed by atoms with E-state index in [9.17, 15) is 8.42 Å².